The summed E-state index contributed by atoms with van der Waals surface area (Å²) in [4.78, 5) is 0. The molecule has 0 saturated heterocycles. The minimum Gasteiger partial charge on any atom is -0.379 e. The molecule has 0 rings (SSSR count). The normalized spacial score (nSPS) is 9.27. The van der Waals surface area contributed by atoms with Gasteiger partial charge in [-0.3, -0.25) is 0 Å². The molecule has 1 nitrogen and oxygen atoms in total. The summed E-state index contributed by atoms with van der Waals surface area (Å²) in [5.41, 5.74) is 0. The maximum Gasteiger partial charge on any atom is 0.0518 e. The van der Waals surface area contributed by atoms with Crippen molar-refractivity contribution < 1.29 is 4.74 Å². The zero-order chi connectivity index (χ0) is 9.11. The highest BCUT2D eigenvalue weighted by Crippen LogP contribution is 1.91. The molecule has 0 aliphatic rings. The van der Waals surface area contributed by atoms with Crippen molar-refractivity contribution in [2.75, 3.05) is 6.61 Å². The van der Waals surface area contributed by atoms with Gasteiger partial charge >= 0.3 is 0 Å². The minimum atomic E-state index is 0.404. The third-order valence-corrected chi connectivity index (χ3v) is 0.949. The van der Waals surface area contributed by atoms with Crippen molar-refractivity contribution in [3.05, 3.63) is 0 Å². The smallest absolute Gasteiger partial charge is 0.0518 e. The lowest BCUT2D eigenvalue weighted by Gasteiger charge is -2.04. The van der Waals surface area contributed by atoms with E-state index in [2.05, 4.69) is 33.9 Å². The zero-order valence-corrected chi connectivity index (χ0v) is 10.2. The van der Waals surface area contributed by atoms with Crippen LogP contribution in [-0.2, 0) is 4.74 Å². The van der Waals surface area contributed by atoms with E-state index in [1.54, 1.807) is 0 Å². The molecule has 0 fully saturated rings. The lowest BCUT2D eigenvalue weighted by atomic mass is 10.3. The summed E-state index contributed by atoms with van der Waals surface area (Å²) in [6.45, 7) is 11.8. The lowest BCUT2D eigenvalue weighted by Crippen LogP contribution is -2.02. The van der Waals surface area contributed by atoms with E-state index in [4.69, 9.17) is 4.74 Å². The Morgan fingerprint density at radius 2 is 1.73 bits per heavy atom. The standard InChI is InChI=1S/C7H16O.C2H8Si/c1-4-5-6-8-7(2)3;1-3-2/h7H,4-6H2,1-3H3;3H2,1-2H3. The fraction of sp³-hybridized carbons (Fsp3) is 1.00. The molecular weight excluding hydrogens is 152 g/mol. The first-order chi connectivity index (χ1) is 5.18. The van der Waals surface area contributed by atoms with E-state index >= 15 is 0 Å². The molecule has 0 aromatic rings. The second kappa shape index (κ2) is 12.8. The molecule has 0 atom stereocenters. The van der Waals surface area contributed by atoms with Crippen LogP contribution in [0.3, 0.4) is 0 Å². The van der Waals surface area contributed by atoms with E-state index in [9.17, 15) is 0 Å². The first-order valence-corrected chi connectivity index (χ1v) is 7.63. The van der Waals surface area contributed by atoms with Crippen LogP contribution in [-0.4, -0.2) is 22.2 Å². The molecular formula is C9H24OSi. The molecule has 0 aliphatic carbocycles. The van der Waals surface area contributed by atoms with Crippen molar-refractivity contribution in [2.45, 2.75) is 52.8 Å². The van der Waals surface area contributed by atoms with Crippen molar-refractivity contribution in [3.8, 4) is 0 Å². The zero-order valence-electron chi connectivity index (χ0n) is 8.81. The van der Waals surface area contributed by atoms with Crippen LogP contribution in [0.4, 0.5) is 0 Å². The van der Waals surface area contributed by atoms with Crippen molar-refractivity contribution in [1.29, 1.82) is 0 Å². The van der Waals surface area contributed by atoms with Gasteiger partial charge in [-0.2, -0.15) is 0 Å². The molecule has 0 aromatic heterocycles. The first-order valence-electron chi connectivity index (χ1n) is 4.80. The number of rotatable bonds is 4. The molecule has 2 heteroatoms. The van der Waals surface area contributed by atoms with Crippen molar-refractivity contribution in [2.24, 2.45) is 0 Å². The van der Waals surface area contributed by atoms with Crippen LogP contribution in [0.5, 0.6) is 0 Å². The van der Waals surface area contributed by atoms with Crippen LogP contribution in [0.15, 0.2) is 0 Å². The molecule has 0 heterocycles. The van der Waals surface area contributed by atoms with Gasteiger partial charge < -0.3 is 4.74 Å². The van der Waals surface area contributed by atoms with E-state index in [0.717, 1.165) is 6.61 Å². The summed E-state index contributed by atoms with van der Waals surface area (Å²) in [5, 5.41) is 0. The van der Waals surface area contributed by atoms with Crippen molar-refractivity contribution >= 4 is 9.52 Å². The maximum atomic E-state index is 5.28. The van der Waals surface area contributed by atoms with Crippen molar-refractivity contribution in [3.63, 3.8) is 0 Å². The van der Waals surface area contributed by atoms with Gasteiger partial charge in [0.25, 0.3) is 0 Å². The Balaban J connectivity index is 0. The van der Waals surface area contributed by atoms with Gasteiger partial charge in [-0.15, -0.1) is 0 Å². The maximum absolute atomic E-state index is 5.28. The Morgan fingerprint density at radius 1 is 1.27 bits per heavy atom. The average molecular weight is 176 g/mol. The van der Waals surface area contributed by atoms with Crippen LogP contribution in [0.1, 0.15) is 33.6 Å². The van der Waals surface area contributed by atoms with Gasteiger partial charge in [0.1, 0.15) is 0 Å². The minimum absolute atomic E-state index is 0.404. The van der Waals surface area contributed by atoms with Crippen LogP contribution in [0, 0.1) is 0 Å². The Hall–Kier alpha value is 0.177. The molecule has 0 N–H and O–H groups in total. The molecule has 0 spiro atoms. The fourth-order valence-corrected chi connectivity index (χ4v) is 0.463. The SMILES string of the molecule is CCCCOC(C)C.C[SiH2]C. The Bertz CT molecular complexity index is 55.5. The topological polar surface area (TPSA) is 9.23 Å². The molecule has 0 bridgehead atoms. The third-order valence-electron chi connectivity index (χ3n) is 0.949. The van der Waals surface area contributed by atoms with Gasteiger partial charge in [0.15, 0.2) is 0 Å². The van der Waals surface area contributed by atoms with E-state index in [1.165, 1.54) is 12.8 Å². The Labute approximate surface area is 74.4 Å². The van der Waals surface area contributed by atoms with Gasteiger partial charge in [-0.05, 0) is 20.3 Å². The molecule has 0 aliphatic heterocycles. The van der Waals surface area contributed by atoms with Crippen LogP contribution in [0.25, 0.3) is 0 Å². The predicted molar refractivity (Wildman–Crippen MR) is 56.3 cm³/mol. The summed E-state index contributed by atoms with van der Waals surface area (Å²) in [6, 6.07) is 0. The summed E-state index contributed by atoms with van der Waals surface area (Å²) < 4.78 is 5.28. The highest BCUT2D eigenvalue weighted by Gasteiger charge is 1.89. The molecule has 0 saturated carbocycles. The highest BCUT2D eigenvalue weighted by molar-refractivity contribution is 6.31. The Kier molecular flexibility index (Phi) is 16.0. The quantitative estimate of drug-likeness (QED) is 0.472. The third kappa shape index (κ3) is 25.4. The second-order valence-electron chi connectivity index (χ2n) is 2.98. The second-order valence-corrected chi connectivity index (χ2v) is 4.39. The van der Waals surface area contributed by atoms with Gasteiger partial charge in [0, 0.05) is 16.1 Å². The van der Waals surface area contributed by atoms with Gasteiger partial charge in [-0.25, -0.2) is 0 Å². The molecule has 0 amide bonds. The number of hydrogen-bond acceptors (Lipinski definition) is 1. The molecule has 0 aromatic carbocycles. The van der Waals surface area contributed by atoms with Crippen LogP contribution >= 0.6 is 0 Å². The monoisotopic (exact) mass is 176 g/mol. The molecule has 70 valence electrons. The largest absolute Gasteiger partial charge is 0.379 e. The average Bonchev–Trinajstić information content (AvgIpc) is 1.89. The molecule has 11 heavy (non-hydrogen) atoms. The highest BCUT2D eigenvalue weighted by atomic mass is 28.2. The van der Waals surface area contributed by atoms with E-state index in [1.807, 2.05) is 0 Å². The molecule has 0 unspecified atom stereocenters. The number of hydrogen-bond donors (Lipinski definition) is 0. The number of ether oxygens (including phenoxy) is 1. The van der Waals surface area contributed by atoms with Crippen molar-refractivity contribution in [1.82, 2.24) is 0 Å². The van der Waals surface area contributed by atoms with E-state index in [-0.39, 0.29) is 0 Å². The number of unbranched alkanes of at least 4 members (excludes halogenated alkanes) is 1. The molecule has 0 radical (unpaired) electrons. The summed E-state index contributed by atoms with van der Waals surface area (Å²) in [5.74, 6) is 0. The van der Waals surface area contributed by atoms with Gasteiger partial charge in [-0.1, -0.05) is 26.4 Å². The first kappa shape index (κ1) is 13.7. The van der Waals surface area contributed by atoms with Gasteiger partial charge in [0.2, 0.25) is 0 Å². The van der Waals surface area contributed by atoms with Crippen LogP contribution < -0.4 is 0 Å². The summed E-state index contributed by atoms with van der Waals surface area (Å²) in [6.07, 6.45) is 2.83. The van der Waals surface area contributed by atoms with Gasteiger partial charge in [0.05, 0.1) is 6.10 Å². The lowest BCUT2D eigenvalue weighted by molar-refractivity contribution is 0.0767. The Morgan fingerprint density at radius 3 is 2.00 bits per heavy atom. The fourth-order valence-electron chi connectivity index (χ4n) is 0.463. The predicted octanol–water partition coefficient (Wildman–Crippen LogP) is 2.46. The summed E-state index contributed by atoms with van der Waals surface area (Å²) >= 11 is 0. The summed E-state index contributed by atoms with van der Waals surface area (Å²) in [7, 11) is 0.417. The van der Waals surface area contributed by atoms with Crippen LogP contribution in [0.2, 0.25) is 13.1 Å². The van der Waals surface area contributed by atoms with E-state index < -0.39 is 0 Å². The van der Waals surface area contributed by atoms with E-state index in [0.29, 0.717) is 15.6 Å².